The third-order valence-electron chi connectivity index (χ3n) is 3.45. The number of pyridine rings is 1. The Labute approximate surface area is 117 Å². The molecule has 21 heavy (non-hydrogen) atoms. The zero-order chi connectivity index (χ0) is 14.6. The van der Waals surface area contributed by atoms with Gasteiger partial charge in [-0.3, -0.25) is 0 Å². The summed E-state index contributed by atoms with van der Waals surface area (Å²) in [6, 6.07) is 3.70. The van der Waals surface area contributed by atoms with Crippen molar-refractivity contribution < 1.29 is 0 Å². The second-order valence-corrected chi connectivity index (χ2v) is 4.77. The van der Waals surface area contributed by atoms with E-state index in [1.54, 1.807) is 18.5 Å². The summed E-state index contributed by atoms with van der Waals surface area (Å²) in [6.07, 6.45) is 3.37. The van der Waals surface area contributed by atoms with E-state index in [-0.39, 0.29) is 5.69 Å². The summed E-state index contributed by atoms with van der Waals surface area (Å²) < 4.78 is 1.30. The molecule has 0 aliphatic carbocycles. The van der Waals surface area contributed by atoms with Crippen LogP contribution in [0.3, 0.4) is 0 Å². The lowest BCUT2D eigenvalue weighted by Crippen LogP contribution is -2.18. The largest absolute Gasteiger partial charge is 0.384 e. The molecule has 0 spiro atoms. The van der Waals surface area contributed by atoms with Crippen LogP contribution in [0.4, 0.5) is 5.82 Å². The van der Waals surface area contributed by atoms with Crippen LogP contribution in [0.1, 0.15) is 5.69 Å². The predicted octanol–water partition coefficient (Wildman–Crippen LogP) is 0.852. The molecule has 8 heteroatoms. The molecule has 0 atom stereocenters. The van der Waals surface area contributed by atoms with E-state index in [0.717, 1.165) is 22.2 Å². The van der Waals surface area contributed by atoms with Crippen LogP contribution in [-0.2, 0) is 0 Å². The van der Waals surface area contributed by atoms with Crippen LogP contribution < -0.4 is 11.4 Å². The van der Waals surface area contributed by atoms with Gasteiger partial charge < -0.3 is 10.7 Å². The van der Waals surface area contributed by atoms with E-state index >= 15 is 0 Å². The summed E-state index contributed by atoms with van der Waals surface area (Å²) in [6.45, 7) is 1.84. The molecule has 8 nitrogen and oxygen atoms in total. The smallest absolute Gasteiger partial charge is 0.363 e. The Balaban J connectivity index is 2.19. The number of nitrogen functional groups attached to an aromatic ring is 1. The standard InChI is InChI=1S/C13H11N7O/c1-6-11(9-5-16-18-13(21)20(9)19-6)8-4-10(14)17-12-7(8)2-3-15-12/h2-5H,1H3,(H,18,21)(H3,14,15,17). The zero-order valence-electron chi connectivity index (χ0n) is 11.1. The summed E-state index contributed by atoms with van der Waals surface area (Å²) in [5, 5.41) is 11.4. The van der Waals surface area contributed by atoms with Gasteiger partial charge in [0.1, 0.15) is 17.0 Å². The molecule has 4 aromatic heterocycles. The summed E-state index contributed by atoms with van der Waals surface area (Å²) in [7, 11) is 0. The Kier molecular flexibility index (Phi) is 2.17. The number of H-pyrrole nitrogens is 2. The second-order valence-electron chi connectivity index (χ2n) is 4.77. The Hall–Kier alpha value is -3.16. The van der Waals surface area contributed by atoms with Crippen LogP contribution >= 0.6 is 0 Å². The van der Waals surface area contributed by atoms with Gasteiger partial charge >= 0.3 is 5.69 Å². The lowest BCUT2D eigenvalue weighted by atomic mass is 10.0. The number of nitrogens with one attached hydrogen (secondary N) is 2. The van der Waals surface area contributed by atoms with Crippen molar-refractivity contribution in [2.45, 2.75) is 6.92 Å². The summed E-state index contributed by atoms with van der Waals surface area (Å²) in [4.78, 5) is 19.1. The average Bonchev–Trinajstić information content (AvgIpc) is 3.02. The number of fused-ring (bicyclic) bond motifs is 2. The fourth-order valence-electron chi connectivity index (χ4n) is 2.61. The van der Waals surface area contributed by atoms with E-state index in [4.69, 9.17) is 5.73 Å². The highest BCUT2D eigenvalue weighted by molar-refractivity contribution is 5.99. The van der Waals surface area contributed by atoms with Crippen molar-refractivity contribution in [3.8, 4) is 11.1 Å². The number of hydrogen-bond donors (Lipinski definition) is 3. The van der Waals surface area contributed by atoms with Crippen LogP contribution in [0.15, 0.2) is 29.3 Å². The Morgan fingerprint density at radius 1 is 1.38 bits per heavy atom. The molecule has 4 heterocycles. The van der Waals surface area contributed by atoms with Gasteiger partial charge in [-0.1, -0.05) is 0 Å². The van der Waals surface area contributed by atoms with Gasteiger partial charge in [-0.2, -0.15) is 14.7 Å². The van der Waals surface area contributed by atoms with E-state index in [9.17, 15) is 4.79 Å². The SMILES string of the molecule is Cc1nn2c(=O)[nH]ncc2c1-c1cc(N)nc2[nH]ccc12. The quantitative estimate of drug-likeness (QED) is 0.478. The van der Waals surface area contributed by atoms with Gasteiger partial charge in [-0.05, 0) is 19.1 Å². The van der Waals surface area contributed by atoms with Crippen molar-refractivity contribution in [3.05, 3.63) is 40.7 Å². The second kappa shape index (κ2) is 3.92. The number of nitrogens with zero attached hydrogens (tertiary/aromatic N) is 4. The molecule has 0 aliphatic heterocycles. The average molecular weight is 281 g/mol. The molecule has 0 unspecified atom stereocenters. The van der Waals surface area contributed by atoms with E-state index in [0.29, 0.717) is 17.0 Å². The minimum Gasteiger partial charge on any atom is -0.384 e. The van der Waals surface area contributed by atoms with E-state index < -0.39 is 0 Å². The highest BCUT2D eigenvalue weighted by Gasteiger charge is 2.17. The Morgan fingerprint density at radius 3 is 3.10 bits per heavy atom. The van der Waals surface area contributed by atoms with Crippen LogP contribution in [0.2, 0.25) is 0 Å². The molecule has 0 bridgehead atoms. The Morgan fingerprint density at radius 2 is 2.24 bits per heavy atom. The van der Waals surface area contributed by atoms with Crippen molar-refractivity contribution in [1.82, 2.24) is 29.8 Å². The number of aromatic amines is 2. The van der Waals surface area contributed by atoms with E-state index in [1.807, 2.05) is 13.0 Å². The first-order valence-electron chi connectivity index (χ1n) is 6.32. The van der Waals surface area contributed by atoms with E-state index in [2.05, 4.69) is 25.3 Å². The maximum atomic E-state index is 11.8. The van der Waals surface area contributed by atoms with Gasteiger partial charge in [-0.25, -0.2) is 14.9 Å². The Bertz CT molecular complexity index is 1040. The molecular formula is C13H11N7O. The number of aromatic nitrogens is 6. The van der Waals surface area contributed by atoms with Crippen molar-refractivity contribution in [2.24, 2.45) is 0 Å². The zero-order valence-corrected chi connectivity index (χ0v) is 11.1. The molecule has 4 aromatic rings. The van der Waals surface area contributed by atoms with Crippen LogP contribution in [0.25, 0.3) is 27.7 Å². The normalized spacial score (nSPS) is 11.5. The van der Waals surface area contributed by atoms with Gasteiger partial charge in [0, 0.05) is 22.7 Å². The monoisotopic (exact) mass is 281 g/mol. The van der Waals surface area contributed by atoms with Gasteiger partial charge in [0.2, 0.25) is 0 Å². The molecule has 0 amide bonds. The van der Waals surface area contributed by atoms with Crippen molar-refractivity contribution >= 4 is 22.4 Å². The van der Waals surface area contributed by atoms with Gasteiger partial charge in [0.15, 0.2) is 0 Å². The van der Waals surface area contributed by atoms with Crippen molar-refractivity contribution in [3.63, 3.8) is 0 Å². The van der Waals surface area contributed by atoms with Crippen molar-refractivity contribution in [1.29, 1.82) is 0 Å². The molecule has 0 radical (unpaired) electrons. The molecular weight excluding hydrogens is 270 g/mol. The first kappa shape index (κ1) is 11.6. The summed E-state index contributed by atoms with van der Waals surface area (Å²) in [5.41, 5.74) is 9.24. The molecule has 0 saturated carbocycles. The molecule has 4 N–H and O–H groups in total. The molecule has 0 saturated heterocycles. The highest BCUT2D eigenvalue weighted by atomic mass is 16.1. The minimum atomic E-state index is -0.380. The maximum absolute atomic E-state index is 11.8. The number of rotatable bonds is 1. The molecule has 0 aromatic carbocycles. The molecule has 104 valence electrons. The van der Waals surface area contributed by atoms with Crippen molar-refractivity contribution in [2.75, 3.05) is 5.73 Å². The minimum absolute atomic E-state index is 0.380. The topological polar surface area (TPSA) is 118 Å². The number of anilines is 1. The third-order valence-corrected chi connectivity index (χ3v) is 3.45. The van der Waals surface area contributed by atoms with Crippen LogP contribution in [0, 0.1) is 6.92 Å². The van der Waals surface area contributed by atoms with Gasteiger partial charge in [-0.15, -0.1) is 0 Å². The first-order valence-corrected chi connectivity index (χ1v) is 6.32. The number of hydrogen-bond acceptors (Lipinski definition) is 5. The predicted molar refractivity (Wildman–Crippen MR) is 77.8 cm³/mol. The van der Waals surface area contributed by atoms with Gasteiger partial charge in [0.05, 0.1) is 11.9 Å². The highest BCUT2D eigenvalue weighted by Crippen LogP contribution is 2.33. The fourth-order valence-corrected chi connectivity index (χ4v) is 2.61. The first-order chi connectivity index (χ1) is 10.1. The maximum Gasteiger partial charge on any atom is 0.363 e. The molecule has 4 rings (SSSR count). The van der Waals surface area contributed by atoms with Crippen LogP contribution in [0.5, 0.6) is 0 Å². The molecule has 0 aliphatic rings. The number of aryl methyl sites for hydroxylation is 1. The third kappa shape index (κ3) is 1.55. The summed E-state index contributed by atoms with van der Waals surface area (Å²) in [5.74, 6) is 0.400. The lowest BCUT2D eigenvalue weighted by molar-refractivity contribution is 0.801. The lowest BCUT2D eigenvalue weighted by Gasteiger charge is -2.04. The molecule has 0 fully saturated rings. The van der Waals surface area contributed by atoms with E-state index in [1.165, 1.54) is 4.52 Å². The van der Waals surface area contributed by atoms with Gasteiger partial charge in [0.25, 0.3) is 0 Å². The number of nitrogens with two attached hydrogens (primary N) is 1. The summed E-state index contributed by atoms with van der Waals surface area (Å²) >= 11 is 0. The fraction of sp³-hybridized carbons (Fsp3) is 0.0769. The van der Waals surface area contributed by atoms with Crippen LogP contribution in [-0.4, -0.2) is 29.8 Å².